The highest BCUT2D eigenvalue weighted by molar-refractivity contribution is 4.75. The van der Waals surface area contributed by atoms with Crippen molar-refractivity contribution in [3.05, 3.63) is 0 Å². The standard InChI is InChI=1S/C6H16N2O2/c1-3-6(2,7)4-5-8(9)10/h9-10H,3-5,7H2,1-2H3. The van der Waals surface area contributed by atoms with Gasteiger partial charge in [0.1, 0.15) is 0 Å². The van der Waals surface area contributed by atoms with E-state index in [1.165, 1.54) is 0 Å². The van der Waals surface area contributed by atoms with E-state index in [1.807, 2.05) is 13.8 Å². The first kappa shape index (κ1) is 9.84. The minimum absolute atomic E-state index is 0.167. The van der Waals surface area contributed by atoms with Gasteiger partial charge in [0.05, 0.1) is 6.54 Å². The average molecular weight is 148 g/mol. The van der Waals surface area contributed by atoms with Crippen molar-refractivity contribution in [1.29, 1.82) is 0 Å². The molecule has 0 aromatic heterocycles. The van der Waals surface area contributed by atoms with Crippen LogP contribution in [0.15, 0.2) is 0 Å². The molecule has 0 saturated heterocycles. The monoisotopic (exact) mass is 148 g/mol. The molecule has 1 unspecified atom stereocenters. The van der Waals surface area contributed by atoms with E-state index in [2.05, 4.69) is 0 Å². The molecule has 0 aliphatic carbocycles. The number of hydrogen-bond acceptors (Lipinski definition) is 4. The maximum absolute atomic E-state index is 8.34. The average Bonchev–Trinajstić information content (AvgIpc) is 1.85. The van der Waals surface area contributed by atoms with Crippen LogP contribution in [0.5, 0.6) is 0 Å². The Hall–Kier alpha value is -0.160. The van der Waals surface area contributed by atoms with Gasteiger partial charge in [0.25, 0.3) is 0 Å². The summed E-state index contributed by atoms with van der Waals surface area (Å²) in [6, 6.07) is 0. The van der Waals surface area contributed by atoms with Gasteiger partial charge >= 0.3 is 0 Å². The van der Waals surface area contributed by atoms with Gasteiger partial charge in [-0.2, -0.15) is 0 Å². The van der Waals surface area contributed by atoms with Gasteiger partial charge < -0.3 is 5.73 Å². The van der Waals surface area contributed by atoms with E-state index in [4.69, 9.17) is 16.1 Å². The minimum Gasteiger partial charge on any atom is -0.325 e. The van der Waals surface area contributed by atoms with Crippen molar-refractivity contribution in [1.82, 2.24) is 5.23 Å². The molecule has 0 spiro atoms. The van der Waals surface area contributed by atoms with Crippen LogP contribution in [0, 0.1) is 0 Å². The zero-order valence-corrected chi connectivity index (χ0v) is 6.54. The fourth-order valence-electron chi connectivity index (χ4n) is 0.532. The molecule has 0 heterocycles. The molecule has 0 radical (unpaired) electrons. The molecule has 0 fully saturated rings. The number of hydroxylamine groups is 2. The minimum atomic E-state index is -0.288. The number of rotatable bonds is 4. The molecule has 0 saturated carbocycles. The molecule has 0 aromatic rings. The summed E-state index contributed by atoms with van der Waals surface area (Å²) >= 11 is 0. The fraction of sp³-hybridized carbons (Fsp3) is 1.00. The molecule has 4 nitrogen and oxygen atoms in total. The lowest BCUT2D eigenvalue weighted by atomic mass is 9.96. The second-order valence-corrected chi connectivity index (χ2v) is 2.85. The molecule has 0 amide bonds. The molecule has 0 bridgehead atoms. The summed E-state index contributed by atoms with van der Waals surface area (Å²) in [6.45, 7) is 4.05. The lowest BCUT2D eigenvalue weighted by molar-refractivity contribution is -0.308. The van der Waals surface area contributed by atoms with Crippen molar-refractivity contribution >= 4 is 0 Å². The zero-order chi connectivity index (χ0) is 8.20. The first-order chi connectivity index (χ1) is 4.48. The normalized spacial score (nSPS) is 17.4. The van der Waals surface area contributed by atoms with Gasteiger partial charge in [-0.05, 0) is 19.8 Å². The fourth-order valence-corrected chi connectivity index (χ4v) is 0.532. The van der Waals surface area contributed by atoms with Gasteiger partial charge in [-0.25, -0.2) is 0 Å². The molecule has 0 aliphatic heterocycles. The molecule has 10 heavy (non-hydrogen) atoms. The second kappa shape index (κ2) is 3.88. The smallest absolute Gasteiger partial charge is 0.0530 e. The Morgan fingerprint density at radius 2 is 2.00 bits per heavy atom. The summed E-state index contributed by atoms with van der Waals surface area (Å²) in [5.41, 5.74) is 5.43. The lowest BCUT2D eigenvalue weighted by Crippen LogP contribution is -2.38. The van der Waals surface area contributed by atoms with Crippen molar-refractivity contribution in [2.45, 2.75) is 32.2 Å². The highest BCUT2D eigenvalue weighted by Crippen LogP contribution is 2.09. The third kappa shape index (κ3) is 4.69. The van der Waals surface area contributed by atoms with Crippen LogP contribution >= 0.6 is 0 Å². The van der Waals surface area contributed by atoms with Crippen LogP contribution < -0.4 is 5.73 Å². The second-order valence-electron chi connectivity index (χ2n) is 2.85. The van der Waals surface area contributed by atoms with Crippen LogP contribution in [0.2, 0.25) is 0 Å². The van der Waals surface area contributed by atoms with Crippen molar-refractivity contribution in [2.75, 3.05) is 6.54 Å². The van der Waals surface area contributed by atoms with Gasteiger partial charge in [-0.1, -0.05) is 12.2 Å². The van der Waals surface area contributed by atoms with Gasteiger partial charge in [0, 0.05) is 5.54 Å². The number of nitrogens with zero attached hydrogens (tertiary/aromatic N) is 1. The van der Waals surface area contributed by atoms with E-state index in [1.54, 1.807) is 0 Å². The first-order valence-electron chi connectivity index (χ1n) is 3.42. The summed E-state index contributed by atoms with van der Waals surface area (Å²) in [4.78, 5) is 0. The molecule has 0 aromatic carbocycles. The topological polar surface area (TPSA) is 69.7 Å². The van der Waals surface area contributed by atoms with E-state index in [-0.39, 0.29) is 17.3 Å². The van der Waals surface area contributed by atoms with Crippen LogP contribution in [0.1, 0.15) is 26.7 Å². The van der Waals surface area contributed by atoms with Gasteiger partial charge in [-0.3, -0.25) is 10.4 Å². The molecular formula is C6H16N2O2. The number of nitrogens with two attached hydrogens (primary N) is 1. The Morgan fingerprint density at radius 1 is 1.50 bits per heavy atom. The third-order valence-corrected chi connectivity index (χ3v) is 1.69. The highest BCUT2D eigenvalue weighted by Gasteiger charge is 2.15. The Labute approximate surface area is 61.2 Å². The Balaban J connectivity index is 3.46. The molecule has 62 valence electrons. The first-order valence-corrected chi connectivity index (χ1v) is 3.42. The van der Waals surface area contributed by atoms with E-state index >= 15 is 0 Å². The summed E-state index contributed by atoms with van der Waals surface area (Å²) < 4.78 is 0. The van der Waals surface area contributed by atoms with Crippen LogP contribution in [0.4, 0.5) is 0 Å². The SMILES string of the molecule is CCC(C)(N)CCN(O)O. The van der Waals surface area contributed by atoms with Gasteiger partial charge in [-0.15, -0.1) is 0 Å². The van der Waals surface area contributed by atoms with Crippen LogP contribution in [-0.2, 0) is 0 Å². The quantitative estimate of drug-likeness (QED) is 0.510. The Bertz CT molecular complexity index is 93.7. The number of hydrogen-bond donors (Lipinski definition) is 3. The van der Waals surface area contributed by atoms with Gasteiger partial charge in [0.2, 0.25) is 0 Å². The van der Waals surface area contributed by atoms with Crippen molar-refractivity contribution in [3.8, 4) is 0 Å². The molecule has 4 N–H and O–H groups in total. The Kier molecular flexibility index (Phi) is 3.81. The molecule has 0 rings (SSSR count). The molecule has 0 aliphatic rings. The Morgan fingerprint density at radius 3 is 2.30 bits per heavy atom. The molecular weight excluding hydrogens is 132 g/mol. The maximum atomic E-state index is 8.34. The summed E-state index contributed by atoms with van der Waals surface area (Å²) in [5.74, 6) is 0. The largest absolute Gasteiger partial charge is 0.325 e. The van der Waals surface area contributed by atoms with Crippen LogP contribution in [0.3, 0.4) is 0 Å². The van der Waals surface area contributed by atoms with E-state index in [0.717, 1.165) is 6.42 Å². The van der Waals surface area contributed by atoms with E-state index < -0.39 is 0 Å². The summed E-state index contributed by atoms with van der Waals surface area (Å²) in [5, 5.41) is 16.9. The van der Waals surface area contributed by atoms with Crippen molar-refractivity contribution in [3.63, 3.8) is 0 Å². The zero-order valence-electron chi connectivity index (χ0n) is 6.54. The van der Waals surface area contributed by atoms with Crippen molar-refractivity contribution in [2.24, 2.45) is 5.73 Å². The highest BCUT2D eigenvalue weighted by atomic mass is 16.8. The van der Waals surface area contributed by atoms with Crippen LogP contribution in [-0.4, -0.2) is 27.7 Å². The predicted octanol–water partition coefficient (Wildman–Crippen LogP) is 0.584. The van der Waals surface area contributed by atoms with Crippen LogP contribution in [0.25, 0.3) is 0 Å². The van der Waals surface area contributed by atoms with E-state index in [9.17, 15) is 0 Å². The summed E-state index contributed by atoms with van der Waals surface area (Å²) in [7, 11) is 0. The molecule has 1 atom stereocenters. The van der Waals surface area contributed by atoms with Gasteiger partial charge in [0.15, 0.2) is 0 Å². The summed E-state index contributed by atoms with van der Waals surface area (Å²) in [6.07, 6.45) is 1.41. The third-order valence-electron chi connectivity index (χ3n) is 1.69. The lowest BCUT2D eigenvalue weighted by Gasteiger charge is -2.22. The maximum Gasteiger partial charge on any atom is 0.0530 e. The van der Waals surface area contributed by atoms with E-state index in [0.29, 0.717) is 6.42 Å². The molecule has 4 heteroatoms. The van der Waals surface area contributed by atoms with Crippen molar-refractivity contribution < 1.29 is 10.4 Å². The predicted molar refractivity (Wildman–Crippen MR) is 37.8 cm³/mol.